The minimum absolute atomic E-state index is 0.141. The van der Waals surface area contributed by atoms with Crippen LogP contribution in [0.1, 0.15) is 26.7 Å². The summed E-state index contributed by atoms with van der Waals surface area (Å²) in [6.07, 6.45) is 1.69. The minimum Gasteiger partial charge on any atom is -0.504 e. The van der Waals surface area contributed by atoms with Gasteiger partial charge in [-0.25, -0.2) is 4.79 Å². The molecule has 92 valence electrons. The molecule has 5 nitrogen and oxygen atoms in total. The van der Waals surface area contributed by atoms with E-state index >= 15 is 0 Å². The maximum Gasteiger partial charge on any atom is 0.337 e. The average molecular weight is 230 g/mol. The summed E-state index contributed by atoms with van der Waals surface area (Å²) in [5.74, 6) is -0.803. The van der Waals surface area contributed by atoms with Gasteiger partial charge in [0.05, 0.1) is 32.2 Å². The van der Waals surface area contributed by atoms with Gasteiger partial charge in [-0.15, -0.1) is 0 Å². The molecule has 0 aliphatic heterocycles. The van der Waals surface area contributed by atoms with E-state index in [9.17, 15) is 9.59 Å². The fraction of sp³-hybridized carbons (Fsp3) is 0.636. The van der Waals surface area contributed by atoms with Gasteiger partial charge in [-0.05, 0) is 20.3 Å². The van der Waals surface area contributed by atoms with Gasteiger partial charge < -0.3 is 14.2 Å². The summed E-state index contributed by atoms with van der Waals surface area (Å²) < 4.78 is 14.3. The van der Waals surface area contributed by atoms with Gasteiger partial charge >= 0.3 is 11.9 Å². The van der Waals surface area contributed by atoms with E-state index in [1.807, 2.05) is 0 Å². The van der Waals surface area contributed by atoms with Gasteiger partial charge in [-0.1, -0.05) is 0 Å². The van der Waals surface area contributed by atoms with Crippen molar-refractivity contribution < 1.29 is 23.8 Å². The van der Waals surface area contributed by atoms with Gasteiger partial charge in [-0.3, -0.25) is 4.79 Å². The third kappa shape index (κ3) is 6.06. The molecule has 0 saturated carbocycles. The van der Waals surface area contributed by atoms with E-state index in [2.05, 4.69) is 0 Å². The van der Waals surface area contributed by atoms with Gasteiger partial charge in [0.15, 0.2) is 0 Å². The molecule has 16 heavy (non-hydrogen) atoms. The Labute approximate surface area is 95.4 Å². The smallest absolute Gasteiger partial charge is 0.337 e. The molecule has 0 aromatic carbocycles. The summed E-state index contributed by atoms with van der Waals surface area (Å²) in [7, 11) is 1.43. The second-order valence-electron chi connectivity index (χ2n) is 2.90. The van der Waals surface area contributed by atoms with Gasteiger partial charge in [0.25, 0.3) is 0 Å². The molecule has 5 heteroatoms. The van der Waals surface area contributed by atoms with E-state index in [1.165, 1.54) is 13.4 Å². The lowest BCUT2D eigenvalue weighted by Gasteiger charge is -2.06. The number of hydrogen-bond acceptors (Lipinski definition) is 5. The van der Waals surface area contributed by atoms with Gasteiger partial charge in [-0.2, -0.15) is 0 Å². The van der Waals surface area contributed by atoms with E-state index in [-0.39, 0.29) is 18.8 Å². The molecule has 0 aliphatic rings. The van der Waals surface area contributed by atoms with E-state index in [4.69, 9.17) is 14.2 Å². The summed E-state index contributed by atoms with van der Waals surface area (Å²) >= 11 is 0. The van der Waals surface area contributed by atoms with Crippen molar-refractivity contribution in [2.45, 2.75) is 26.7 Å². The number of carbonyl (C=O) groups excluding carboxylic acids is 2. The van der Waals surface area contributed by atoms with Crippen molar-refractivity contribution in [2.24, 2.45) is 0 Å². The number of rotatable bonds is 7. The van der Waals surface area contributed by atoms with E-state index in [0.717, 1.165) is 0 Å². The van der Waals surface area contributed by atoms with Crippen LogP contribution in [0, 0.1) is 0 Å². The molecule has 0 heterocycles. The van der Waals surface area contributed by atoms with Gasteiger partial charge in [0, 0.05) is 6.42 Å². The molecule has 0 aromatic rings. The van der Waals surface area contributed by atoms with Gasteiger partial charge in [0.2, 0.25) is 0 Å². The Balaban J connectivity index is 4.19. The van der Waals surface area contributed by atoms with Crippen molar-refractivity contribution in [3.63, 3.8) is 0 Å². The van der Waals surface area contributed by atoms with Crippen LogP contribution in [0.3, 0.4) is 0 Å². The molecule has 0 N–H and O–H groups in total. The zero-order chi connectivity index (χ0) is 12.4. The van der Waals surface area contributed by atoms with E-state index in [0.29, 0.717) is 18.8 Å². The van der Waals surface area contributed by atoms with Crippen LogP contribution in [0.5, 0.6) is 0 Å². The lowest BCUT2D eigenvalue weighted by atomic mass is 10.1. The van der Waals surface area contributed by atoms with Crippen molar-refractivity contribution >= 4 is 11.9 Å². The first-order chi connectivity index (χ1) is 7.65. The zero-order valence-electron chi connectivity index (χ0n) is 9.95. The molecule has 0 unspecified atom stereocenters. The van der Waals surface area contributed by atoms with Crippen molar-refractivity contribution in [3.8, 4) is 0 Å². The van der Waals surface area contributed by atoms with Gasteiger partial charge in [0.1, 0.15) is 0 Å². The van der Waals surface area contributed by atoms with Crippen LogP contribution < -0.4 is 0 Å². The zero-order valence-corrected chi connectivity index (χ0v) is 9.95. The van der Waals surface area contributed by atoms with Crippen LogP contribution in [-0.4, -0.2) is 32.3 Å². The highest BCUT2D eigenvalue weighted by Gasteiger charge is 2.13. The summed E-state index contributed by atoms with van der Waals surface area (Å²) in [6, 6.07) is 0. The fourth-order valence-corrected chi connectivity index (χ4v) is 1.05. The first-order valence-electron chi connectivity index (χ1n) is 5.20. The lowest BCUT2D eigenvalue weighted by Crippen LogP contribution is -2.11. The minimum atomic E-state index is -0.464. The molecular weight excluding hydrogens is 212 g/mol. The first kappa shape index (κ1) is 14.5. The van der Waals surface area contributed by atoms with Crippen molar-refractivity contribution in [2.75, 3.05) is 20.3 Å². The number of ether oxygens (including phenoxy) is 3. The van der Waals surface area contributed by atoms with Crippen LogP contribution >= 0.6 is 0 Å². The molecule has 0 radical (unpaired) electrons. The number of hydrogen-bond donors (Lipinski definition) is 0. The standard InChI is InChI=1S/C11H18O5/c1-4-15-10(12)7-6-9(8-14-3)11(13)16-5-2/h8H,4-7H2,1-3H3. The third-order valence-electron chi connectivity index (χ3n) is 1.70. The van der Waals surface area contributed by atoms with Crippen LogP contribution in [0.4, 0.5) is 0 Å². The molecular formula is C11H18O5. The molecule has 0 bridgehead atoms. The van der Waals surface area contributed by atoms with Crippen LogP contribution in [0.2, 0.25) is 0 Å². The normalized spacial score (nSPS) is 10.8. The highest BCUT2D eigenvalue weighted by Crippen LogP contribution is 2.08. The average Bonchev–Trinajstić information content (AvgIpc) is 2.24. The molecule has 0 fully saturated rings. The highest BCUT2D eigenvalue weighted by atomic mass is 16.5. The Bertz CT molecular complexity index is 257. The maximum atomic E-state index is 11.4. The Morgan fingerprint density at radius 2 is 1.69 bits per heavy atom. The largest absolute Gasteiger partial charge is 0.504 e. The van der Waals surface area contributed by atoms with Crippen molar-refractivity contribution in [1.29, 1.82) is 0 Å². The summed E-state index contributed by atoms with van der Waals surface area (Å²) in [4.78, 5) is 22.5. The van der Waals surface area contributed by atoms with E-state index in [1.54, 1.807) is 13.8 Å². The van der Waals surface area contributed by atoms with Crippen LogP contribution in [-0.2, 0) is 23.8 Å². The molecule has 0 atom stereocenters. The van der Waals surface area contributed by atoms with Crippen LogP contribution in [0.15, 0.2) is 11.8 Å². The van der Waals surface area contributed by atoms with Crippen molar-refractivity contribution in [1.82, 2.24) is 0 Å². The summed E-state index contributed by atoms with van der Waals surface area (Å²) in [5.41, 5.74) is 0.331. The molecule has 0 amide bonds. The predicted molar refractivity (Wildman–Crippen MR) is 57.6 cm³/mol. The topological polar surface area (TPSA) is 61.8 Å². The van der Waals surface area contributed by atoms with E-state index < -0.39 is 5.97 Å². The highest BCUT2D eigenvalue weighted by molar-refractivity contribution is 5.88. The number of carbonyl (C=O) groups is 2. The second-order valence-corrected chi connectivity index (χ2v) is 2.90. The molecule has 0 aliphatic carbocycles. The quantitative estimate of drug-likeness (QED) is 0.376. The SMILES string of the molecule is CCOC(=O)CCC(=COC)C(=O)OCC. The van der Waals surface area contributed by atoms with Crippen molar-refractivity contribution in [3.05, 3.63) is 11.8 Å². The maximum absolute atomic E-state index is 11.4. The molecule has 0 saturated heterocycles. The number of esters is 2. The molecule has 0 rings (SSSR count). The Morgan fingerprint density at radius 3 is 2.19 bits per heavy atom. The Hall–Kier alpha value is -1.52. The number of methoxy groups -OCH3 is 1. The summed E-state index contributed by atoms with van der Waals surface area (Å²) in [5, 5.41) is 0. The fourth-order valence-electron chi connectivity index (χ4n) is 1.05. The van der Waals surface area contributed by atoms with Crippen LogP contribution in [0.25, 0.3) is 0 Å². The molecule has 0 aromatic heterocycles. The Kier molecular flexibility index (Phi) is 7.93. The second kappa shape index (κ2) is 8.76. The Morgan fingerprint density at radius 1 is 1.06 bits per heavy atom. The lowest BCUT2D eigenvalue weighted by molar-refractivity contribution is -0.143. The molecule has 0 spiro atoms. The third-order valence-corrected chi connectivity index (χ3v) is 1.70. The monoisotopic (exact) mass is 230 g/mol. The summed E-state index contributed by atoms with van der Waals surface area (Å²) in [6.45, 7) is 4.07. The first-order valence-corrected chi connectivity index (χ1v) is 5.20. The predicted octanol–water partition coefficient (Wildman–Crippen LogP) is 1.42.